The quantitative estimate of drug-likeness (QED) is 0.373. The zero-order chi connectivity index (χ0) is 24.5. The van der Waals surface area contributed by atoms with Crippen LogP contribution in [-0.2, 0) is 17.6 Å². The molecule has 6 heteroatoms. The van der Waals surface area contributed by atoms with Gasteiger partial charge in [-0.05, 0) is 54.3 Å². The first-order chi connectivity index (χ1) is 16.4. The number of benzene rings is 3. The molecule has 0 saturated carbocycles. The number of amides is 1. The van der Waals surface area contributed by atoms with E-state index in [0.29, 0.717) is 50.2 Å². The van der Waals surface area contributed by atoms with Crippen molar-refractivity contribution in [2.45, 2.75) is 32.6 Å². The summed E-state index contributed by atoms with van der Waals surface area (Å²) in [5.74, 6) is 1.34. The minimum Gasteiger partial charge on any atom is -0.507 e. The standard InChI is InChI=1S/C28H32FNO4/c1-4-23-26(16-15-24(28(23)32)20-10-13-22(29)14-11-20)34-19-7-18-33-25-9-6-5-8-21(25)12-17-27(31)30(2)3/h5-6,8-11,13-16,32H,4,7,12,17-19H2,1-3H3. The minimum absolute atomic E-state index is 0.0867. The molecule has 1 N–H and O–H groups in total. The molecule has 5 nitrogen and oxygen atoms in total. The van der Waals surface area contributed by atoms with Gasteiger partial charge >= 0.3 is 0 Å². The van der Waals surface area contributed by atoms with Crippen LogP contribution >= 0.6 is 0 Å². The van der Waals surface area contributed by atoms with Gasteiger partial charge in [0.05, 0.1) is 13.2 Å². The number of nitrogens with zero attached hydrogens (tertiary/aromatic N) is 1. The average Bonchev–Trinajstić information content (AvgIpc) is 2.83. The molecule has 0 aliphatic heterocycles. The Kier molecular flexibility index (Phi) is 8.91. The highest BCUT2D eigenvalue weighted by molar-refractivity contribution is 5.76. The first-order valence-electron chi connectivity index (χ1n) is 11.5. The SMILES string of the molecule is CCc1c(OCCCOc2ccccc2CCC(=O)N(C)C)ccc(-c2ccc(F)cc2)c1O. The van der Waals surface area contributed by atoms with Crippen molar-refractivity contribution in [3.05, 3.63) is 77.6 Å². The molecule has 180 valence electrons. The molecule has 3 aromatic rings. The van der Waals surface area contributed by atoms with Gasteiger partial charge in [-0.1, -0.05) is 37.3 Å². The van der Waals surface area contributed by atoms with Gasteiger partial charge in [-0.2, -0.15) is 0 Å². The van der Waals surface area contributed by atoms with Crippen LogP contribution in [0.2, 0.25) is 0 Å². The van der Waals surface area contributed by atoms with E-state index in [4.69, 9.17) is 9.47 Å². The Balaban J connectivity index is 1.55. The Morgan fingerprint density at radius 3 is 2.29 bits per heavy atom. The predicted molar refractivity (Wildman–Crippen MR) is 132 cm³/mol. The number of phenolic OH excluding ortho intramolecular Hbond substituents is 1. The maximum Gasteiger partial charge on any atom is 0.222 e. The van der Waals surface area contributed by atoms with E-state index in [-0.39, 0.29) is 17.5 Å². The lowest BCUT2D eigenvalue weighted by molar-refractivity contribution is -0.128. The fourth-order valence-corrected chi connectivity index (χ4v) is 3.70. The molecule has 0 heterocycles. The lowest BCUT2D eigenvalue weighted by Gasteiger charge is -2.16. The van der Waals surface area contributed by atoms with Crippen LogP contribution in [0.1, 0.15) is 30.9 Å². The van der Waals surface area contributed by atoms with E-state index in [0.717, 1.165) is 22.4 Å². The molecule has 0 aliphatic rings. The largest absolute Gasteiger partial charge is 0.507 e. The lowest BCUT2D eigenvalue weighted by atomic mass is 9.99. The normalized spacial score (nSPS) is 10.7. The molecular formula is C28H32FNO4. The van der Waals surface area contributed by atoms with Gasteiger partial charge in [0.1, 0.15) is 23.1 Å². The summed E-state index contributed by atoms with van der Waals surface area (Å²) in [7, 11) is 3.51. The number of phenols is 1. The molecule has 0 fully saturated rings. The van der Waals surface area contributed by atoms with Gasteiger partial charge in [0.2, 0.25) is 5.91 Å². The van der Waals surface area contributed by atoms with Crippen LogP contribution in [0.5, 0.6) is 17.2 Å². The molecule has 3 aromatic carbocycles. The zero-order valence-electron chi connectivity index (χ0n) is 20.0. The van der Waals surface area contributed by atoms with Crippen molar-refractivity contribution in [3.8, 4) is 28.4 Å². The Morgan fingerprint density at radius 2 is 1.62 bits per heavy atom. The van der Waals surface area contributed by atoms with Crippen LogP contribution in [0.4, 0.5) is 4.39 Å². The van der Waals surface area contributed by atoms with Gasteiger partial charge < -0.3 is 19.5 Å². The highest BCUT2D eigenvalue weighted by atomic mass is 19.1. The van der Waals surface area contributed by atoms with Gasteiger partial charge in [0, 0.05) is 38.1 Å². The third-order valence-corrected chi connectivity index (χ3v) is 5.63. The number of carbonyl (C=O) groups excluding carboxylic acids is 1. The van der Waals surface area contributed by atoms with Crippen molar-refractivity contribution < 1.29 is 23.8 Å². The molecular weight excluding hydrogens is 433 g/mol. The molecule has 0 saturated heterocycles. The van der Waals surface area contributed by atoms with Gasteiger partial charge in [-0.15, -0.1) is 0 Å². The van der Waals surface area contributed by atoms with Crippen molar-refractivity contribution >= 4 is 5.91 Å². The molecule has 0 aliphatic carbocycles. The number of halogens is 1. The van der Waals surface area contributed by atoms with Crippen molar-refractivity contribution in [1.29, 1.82) is 0 Å². The summed E-state index contributed by atoms with van der Waals surface area (Å²) in [6, 6.07) is 17.4. The Bertz CT molecular complexity index is 1100. The smallest absolute Gasteiger partial charge is 0.222 e. The minimum atomic E-state index is -0.314. The van der Waals surface area contributed by atoms with E-state index in [1.807, 2.05) is 37.3 Å². The topological polar surface area (TPSA) is 59.0 Å². The number of hydrogen-bond donors (Lipinski definition) is 1. The number of para-hydroxylation sites is 1. The summed E-state index contributed by atoms with van der Waals surface area (Å²) in [6.07, 6.45) is 2.33. The zero-order valence-corrected chi connectivity index (χ0v) is 20.0. The summed E-state index contributed by atoms with van der Waals surface area (Å²) >= 11 is 0. The number of carbonyl (C=O) groups is 1. The highest BCUT2D eigenvalue weighted by Crippen LogP contribution is 2.38. The highest BCUT2D eigenvalue weighted by Gasteiger charge is 2.14. The van der Waals surface area contributed by atoms with Crippen LogP contribution in [0.25, 0.3) is 11.1 Å². The second-order valence-corrected chi connectivity index (χ2v) is 8.25. The van der Waals surface area contributed by atoms with E-state index < -0.39 is 0 Å². The predicted octanol–water partition coefficient (Wildman–Crippen LogP) is 5.63. The Labute approximate surface area is 200 Å². The van der Waals surface area contributed by atoms with Gasteiger partial charge in [0.25, 0.3) is 0 Å². The second kappa shape index (κ2) is 12.1. The average molecular weight is 466 g/mol. The first-order valence-corrected chi connectivity index (χ1v) is 11.5. The summed E-state index contributed by atoms with van der Waals surface area (Å²) in [6.45, 7) is 2.86. The second-order valence-electron chi connectivity index (χ2n) is 8.25. The van der Waals surface area contributed by atoms with E-state index in [9.17, 15) is 14.3 Å². The van der Waals surface area contributed by atoms with Crippen molar-refractivity contribution in [2.75, 3.05) is 27.3 Å². The van der Waals surface area contributed by atoms with Crippen LogP contribution in [0.15, 0.2) is 60.7 Å². The Morgan fingerprint density at radius 1 is 0.941 bits per heavy atom. The summed E-state index contributed by atoms with van der Waals surface area (Å²) in [4.78, 5) is 13.5. The van der Waals surface area contributed by atoms with E-state index in [1.165, 1.54) is 12.1 Å². The van der Waals surface area contributed by atoms with Crippen molar-refractivity contribution in [3.63, 3.8) is 0 Å². The molecule has 34 heavy (non-hydrogen) atoms. The van der Waals surface area contributed by atoms with Crippen molar-refractivity contribution in [2.24, 2.45) is 0 Å². The monoisotopic (exact) mass is 465 g/mol. The first kappa shape index (κ1) is 25.1. The maximum absolute atomic E-state index is 13.2. The van der Waals surface area contributed by atoms with Gasteiger partial charge in [-0.25, -0.2) is 4.39 Å². The fourth-order valence-electron chi connectivity index (χ4n) is 3.70. The number of ether oxygens (including phenoxy) is 2. The number of aryl methyl sites for hydroxylation is 1. The van der Waals surface area contributed by atoms with Crippen LogP contribution < -0.4 is 9.47 Å². The van der Waals surface area contributed by atoms with Crippen LogP contribution in [0, 0.1) is 5.82 Å². The molecule has 3 rings (SSSR count). The van der Waals surface area contributed by atoms with E-state index >= 15 is 0 Å². The van der Waals surface area contributed by atoms with Crippen molar-refractivity contribution in [1.82, 2.24) is 4.90 Å². The van der Waals surface area contributed by atoms with Crippen LogP contribution in [0.3, 0.4) is 0 Å². The molecule has 0 aromatic heterocycles. The van der Waals surface area contributed by atoms with Crippen LogP contribution in [-0.4, -0.2) is 43.2 Å². The Hall–Kier alpha value is -3.54. The number of rotatable bonds is 11. The lowest BCUT2D eigenvalue weighted by Crippen LogP contribution is -2.21. The molecule has 0 atom stereocenters. The van der Waals surface area contributed by atoms with E-state index in [2.05, 4.69) is 0 Å². The summed E-state index contributed by atoms with van der Waals surface area (Å²) in [5, 5.41) is 10.8. The molecule has 0 spiro atoms. The molecule has 0 bridgehead atoms. The molecule has 0 unspecified atom stereocenters. The van der Waals surface area contributed by atoms with E-state index in [1.54, 1.807) is 37.2 Å². The van der Waals surface area contributed by atoms with Gasteiger partial charge in [0.15, 0.2) is 0 Å². The van der Waals surface area contributed by atoms with Gasteiger partial charge in [-0.3, -0.25) is 4.79 Å². The summed E-state index contributed by atoms with van der Waals surface area (Å²) in [5.41, 5.74) is 3.13. The third kappa shape index (κ3) is 6.50. The fraction of sp³-hybridized carbons (Fsp3) is 0.321. The maximum atomic E-state index is 13.2. The third-order valence-electron chi connectivity index (χ3n) is 5.63. The number of aromatic hydroxyl groups is 1. The summed E-state index contributed by atoms with van der Waals surface area (Å²) < 4.78 is 25.1. The molecule has 1 amide bonds. The molecule has 0 radical (unpaired) electrons. The number of hydrogen-bond acceptors (Lipinski definition) is 4.